The van der Waals surface area contributed by atoms with Crippen LogP contribution in [0.2, 0.25) is 0 Å². The Bertz CT molecular complexity index is 510. The monoisotopic (exact) mass is 259 g/mol. The lowest BCUT2D eigenvalue weighted by Gasteiger charge is -2.41. The number of benzene rings is 1. The summed E-state index contributed by atoms with van der Waals surface area (Å²) in [5.74, 6) is 3.16. The van der Waals surface area contributed by atoms with Crippen molar-refractivity contribution in [1.82, 2.24) is 0 Å². The Balaban J connectivity index is 1.79. The molecule has 1 aromatic carbocycles. The third-order valence-electron chi connectivity index (χ3n) is 4.43. The molecule has 0 aromatic heterocycles. The first-order valence-corrected chi connectivity index (χ1v) is 6.88. The zero-order chi connectivity index (χ0) is 13.4. The van der Waals surface area contributed by atoms with Crippen molar-refractivity contribution in [3.8, 4) is 11.5 Å². The van der Waals surface area contributed by atoms with E-state index in [1.807, 2.05) is 12.1 Å². The average molecular weight is 259 g/mol. The van der Waals surface area contributed by atoms with E-state index in [0.717, 1.165) is 23.1 Å². The van der Waals surface area contributed by atoms with Crippen molar-refractivity contribution in [3.05, 3.63) is 29.8 Å². The van der Waals surface area contributed by atoms with Crippen LogP contribution in [0.3, 0.4) is 0 Å². The quantitative estimate of drug-likeness (QED) is 0.841. The van der Waals surface area contributed by atoms with Gasteiger partial charge in [-0.2, -0.15) is 0 Å². The summed E-state index contributed by atoms with van der Waals surface area (Å²) in [6.45, 7) is 2.10. The van der Waals surface area contributed by atoms with E-state index < -0.39 is 0 Å². The van der Waals surface area contributed by atoms with Gasteiger partial charge in [-0.3, -0.25) is 0 Å². The number of allylic oxidation sites excluding steroid dienone is 1. The Labute approximate surface area is 114 Å². The molecule has 3 rings (SSSR count). The van der Waals surface area contributed by atoms with Crippen molar-refractivity contribution in [2.24, 2.45) is 11.8 Å². The van der Waals surface area contributed by atoms with Gasteiger partial charge in [0.1, 0.15) is 0 Å². The smallest absolute Gasteiger partial charge is 0.162 e. The van der Waals surface area contributed by atoms with Crippen molar-refractivity contribution in [2.75, 3.05) is 19.5 Å². The normalized spacial score (nSPS) is 27.6. The van der Waals surface area contributed by atoms with E-state index in [0.29, 0.717) is 12.0 Å². The second kappa shape index (κ2) is 4.80. The molecule has 1 N–H and O–H groups in total. The summed E-state index contributed by atoms with van der Waals surface area (Å²) >= 11 is 0. The Kier molecular flexibility index (Phi) is 3.13. The lowest BCUT2D eigenvalue weighted by Crippen LogP contribution is -2.43. The van der Waals surface area contributed by atoms with Crippen molar-refractivity contribution in [2.45, 2.75) is 25.8 Å². The molecule has 0 bridgehead atoms. The van der Waals surface area contributed by atoms with E-state index in [9.17, 15) is 0 Å². The molecule has 2 aliphatic rings. The van der Waals surface area contributed by atoms with E-state index in [4.69, 9.17) is 9.47 Å². The Morgan fingerprint density at radius 3 is 2.58 bits per heavy atom. The van der Waals surface area contributed by atoms with Gasteiger partial charge in [0.2, 0.25) is 0 Å². The number of ether oxygens (including phenoxy) is 2. The number of hydrogen-bond acceptors (Lipinski definition) is 3. The number of nitrogens with one attached hydrogen (secondary N) is 1. The predicted molar refractivity (Wildman–Crippen MR) is 77.0 cm³/mol. The molecular formula is C16H21NO2. The van der Waals surface area contributed by atoms with E-state index in [-0.39, 0.29) is 0 Å². The number of anilines is 1. The number of rotatable bonds is 4. The van der Waals surface area contributed by atoms with Crippen molar-refractivity contribution >= 4 is 5.69 Å². The van der Waals surface area contributed by atoms with Crippen LogP contribution in [-0.4, -0.2) is 20.3 Å². The highest BCUT2D eigenvalue weighted by Gasteiger charge is 2.41. The maximum absolute atomic E-state index is 5.37. The van der Waals surface area contributed by atoms with Crippen molar-refractivity contribution in [3.63, 3.8) is 0 Å². The molecule has 0 radical (unpaired) electrons. The predicted octanol–water partition coefficient (Wildman–Crippen LogP) is 3.39. The minimum absolute atomic E-state index is 0.570. The summed E-state index contributed by atoms with van der Waals surface area (Å²) < 4.78 is 10.7. The number of methoxy groups -OCH3 is 2. The zero-order valence-corrected chi connectivity index (χ0v) is 11.8. The molecule has 3 nitrogen and oxygen atoms in total. The Morgan fingerprint density at radius 2 is 1.89 bits per heavy atom. The van der Waals surface area contributed by atoms with Crippen LogP contribution in [0.15, 0.2) is 24.3 Å². The molecule has 0 saturated heterocycles. The van der Waals surface area contributed by atoms with Gasteiger partial charge in [0, 0.05) is 23.7 Å². The van der Waals surface area contributed by atoms with Gasteiger partial charge < -0.3 is 14.8 Å². The van der Waals surface area contributed by atoms with Gasteiger partial charge >= 0.3 is 0 Å². The fourth-order valence-electron chi connectivity index (χ4n) is 3.22. The van der Waals surface area contributed by atoms with Crippen molar-refractivity contribution in [1.29, 1.82) is 0 Å². The summed E-state index contributed by atoms with van der Waals surface area (Å²) in [6.07, 6.45) is 7.21. The third-order valence-corrected chi connectivity index (χ3v) is 4.43. The standard InChI is InChI=1S/C16H21NO2/c1-10-7-15(18-2)16(19-3)9-13(10)17-14-8-11-5-4-6-12(11)14/h4,6-7,9,11-12,14,17H,5,8H2,1-3H3. The molecule has 0 amide bonds. The average Bonchev–Trinajstić information content (AvgIpc) is 2.78. The second-order valence-corrected chi connectivity index (χ2v) is 5.51. The SMILES string of the molecule is COc1cc(C)c(NC2CC3CC=CC32)cc1OC. The van der Waals surface area contributed by atoms with Gasteiger partial charge in [-0.25, -0.2) is 0 Å². The van der Waals surface area contributed by atoms with Gasteiger partial charge in [-0.1, -0.05) is 12.2 Å². The topological polar surface area (TPSA) is 30.5 Å². The van der Waals surface area contributed by atoms with Crippen LogP contribution in [0.4, 0.5) is 5.69 Å². The van der Waals surface area contributed by atoms with Gasteiger partial charge in [0.25, 0.3) is 0 Å². The number of aryl methyl sites for hydroxylation is 1. The summed E-state index contributed by atoms with van der Waals surface area (Å²) in [5.41, 5.74) is 2.35. The summed E-state index contributed by atoms with van der Waals surface area (Å²) in [7, 11) is 3.35. The molecular weight excluding hydrogens is 238 g/mol. The molecule has 1 aromatic rings. The Morgan fingerprint density at radius 1 is 1.16 bits per heavy atom. The van der Waals surface area contributed by atoms with Crippen LogP contribution < -0.4 is 14.8 Å². The van der Waals surface area contributed by atoms with Crippen molar-refractivity contribution < 1.29 is 9.47 Å². The number of hydrogen-bond donors (Lipinski definition) is 1. The van der Waals surface area contributed by atoms with E-state index in [1.54, 1.807) is 14.2 Å². The molecule has 0 aliphatic heterocycles. The molecule has 3 atom stereocenters. The van der Waals surface area contributed by atoms with Crippen LogP contribution in [0, 0.1) is 18.8 Å². The summed E-state index contributed by atoms with van der Waals surface area (Å²) in [5, 5.41) is 3.66. The highest BCUT2D eigenvalue weighted by Crippen LogP contribution is 2.45. The fraction of sp³-hybridized carbons (Fsp3) is 0.500. The van der Waals surface area contributed by atoms with E-state index in [1.165, 1.54) is 18.4 Å². The molecule has 3 heteroatoms. The van der Waals surface area contributed by atoms with Gasteiger partial charge in [-0.15, -0.1) is 0 Å². The minimum Gasteiger partial charge on any atom is -0.493 e. The molecule has 0 spiro atoms. The second-order valence-electron chi connectivity index (χ2n) is 5.51. The van der Waals surface area contributed by atoms with Gasteiger partial charge in [0.05, 0.1) is 14.2 Å². The molecule has 3 unspecified atom stereocenters. The first kappa shape index (κ1) is 12.4. The largest absolute Gasteiger partial charge is 0.493 e. The maximum atomic E-state index is 5.37. The number of fused-ring (bicyclic) bond motifs is 1. The van der Waals surface area contributed by atoms with Gasteiger partial charge in [0.15, 0.2) is 11.5 Å². The fourth-order valence-corrected chi connectivity index (χ4v) is 3.22. The highest BCUT2D eigenvalue weighted by atomic mass is 16.5. The highest BCUT2D eigenvalue weighted by molar-refractivity contribution is 5.61. The molecule has 0 heterocycles. The van der Waals surface area contributed by atoms with E-state index >= 15 is 0 Å². The molecule has 19 heavy (non-hydrogen) atoms. The first-order valence-electron chi connectivity index (χ1n) is 6.88. The zero-order valence-electron chi connectivity index (χ0n) is 11.8. The van der Waals surface area contributed by atoms with E-state index in [2.05, 4.69) is 24.4 Å². The van der Waals surface area contributed by atoms with Crippen LogP contribution in [0.1, 0.15) is 18.4 Å². The summed E-state index contributed by atoms with van der Waals surface area (Å²) in [4.78, 5) is 0. The third kappa shape index (κ3) is 2.07. The van der Waals surface area contributed by atoms with Crippen LogP contribution >= 0.6 is 0 Å². The van der Waals surface area contributed by atoms with Gasteiger partial charge in [-0.05, 0) is 37.3 Å². The minimum atomic E-state index is 0.570. The maximum Gasteiger partial charge on any atom is 0.162 e. The van der Waals surface area contributed by atoms with Crippen LogP contribution in [0.5, 0.6) is 11.5 Å². The first-order chi connectivity index (χ1) is 9.22. The molecule has 1 fully saturated rings. The summed E-state index contributed by atoms with van der Waals surface area (Å²) in [6, 6.07) is 4.64. The lowest BCUT2D eigenvalue weighted by molar-refractivity contribution is 0.218. The van der Waals surface area contributed by atoms with Crippen LogP contribution in [-0.2, 0) is 0 Å². The lowest BCUT2D eigenvalue weighted by atomic mass is 9.71. The molecule has 2 aliphatic carbocycles. The molecule has 102 valence electrons. The molecule has 1 saturated carbocycles. The van der Waals surface area contributed by atoms with Crippen LogP contribution in [0.25, 0.3) is 0 Å². The Hall–Kier alpha value is -1.64.